The summed E-state index contributed by atoms with van der Waals surface area (Å²) in [5.74, 6) is -0.919. The van der Waals surface area contributed by atoms with E-state index in [0.717, 1.165) is 5.69 Å². The molecule has 1 aliphatic rings. The SMILES string of the molecule is CC1=NC(=O)[C@@H](N=Nc2cccc(C(=O)O)c2)N1c1ccccc1. The van der Waals surface area contributed by atoms with Crippen molar-refractivity contribution in [3.63, 3.8) is 0 Å². The standard InChI is InChI=1S/C17H14N4O3/c1-11-18-16(22)15(21(11)14-8-3-2-4-9-14)20-19-13-7-5-6-12(10-13)17(23)24/h2-10,15H,1H3,(H,23,24)/t15-/m0/s1. The Morgan fingerprint density at radius 2 is 1.92 bits per heavy atom. The third-order valence-corrected chi connectivity index (χ3v) is 3.50. The van der Waals surface area contributed by atoms with Gasteiger partial charge in [0.15, 0.2) is 0 Å². The molecule has 3 rings (SSSR count). The summed E-state index contributed by atoms with van der Waals surface area (Å²) in [5, 5.41) is 17.1. The van der Waals surface area contributed by atoms with E-state index < -0.39 is 18.0 Å². The first-order valence-corrected chi connectivity index (χ1v) is 7.24. The normalized spacial score (nSPS) is 17.4. The molecule has 1 heterocycles. The zero-order valence-electron chi connectivity index (χ0n) is 12.8. The van der Waals surface area contributed by atoms with Crippen LogP contribution in [0, 0.1) is 0 Å². The largest absolute Gasteiger partial charge is 0.478 e. The molecule has 2 aromatic rings. The Morgan fingerprint density at radius 3 is 2.62 bits per heavy atom. The number of anilines is 1. The number of carboxylic acids is 1. The van der Waals surface area contributed by atoms with Crippen LogP contribution < -0.4 is 4.90 Å². The van der Waals surface area contributed by atoms with Gasteiger partial charge in [0.2, 0.25) is 6.17 Å². The number of carbonyl (C=O) groups excluding carboxylic acids is 1. The summed E-state index contributed by atoms with van der Waals surface area (Å²) in [6, 6.07) is 15.3. The van der Waals surface area contributed by atoms with Crippen molar-refractivity contribution in [2.24, 2.45) is 15.2 Å². The Kier molecular flexibility index (Phi) is 4.15. The highest BCUT2D eigenvalue weighted by atomic mass is 16.4. The van der Waals surface area contributed by atoms with Gasteiger partial charge in [-0.3, -0.25) is 9.69 Å². The molecule has 24 heavy (non-hydrogen) atoms. The number of nitrogens with zero attached hydrogens (tertiary/aromatic N) is 4. The summed E-state index contributed by atoms with van der Waals surface area (Å²) in [5.41, 5.74) is 1.25. The Morgan fingerprint density at radius 1 is 1.17 bits per heavy atom. The third-order valence-electron chi connectivity index (χ3n) is 3.50. The number of amidine groups is 1. The summed E-state index contributed by atoms with van der Waals surface area (Å²) < 4.78 is 0. The summed E-state index contributed by atoms with van der Waals surface area (Å²) in [6.45, 7) is 1.73. The lowest BCUT2D eigenvalue weighted by molar-refractivity contribution is -0.118. The minimum atomic E-state index is -1.05. The summed E-state index contributed by atoms with van der Waals surface area (Å²) in [7, 11) is 0. The van der Waals surface area contributed by atoms with E-state index in [1.54, 1.807) is 24.0 Å². The highest BCUT2D eigenvalue weighted by molar-refractivity contribution is 6.13. The minimum Gasteiger partial charge on any atom is -0.478 e. The van der Waals surface area contributed by atoms with Crippen LogP contribution in [0.2, 0.25) is 0 Å². The quantitative estimate of drug-likeness (QED) is 0.874. The Balaban J connectivity index is 1.89. The second-order valence-electron chi connectivity index (χ2n) is 5.15. The van der Waals surface area contributed by atoms with Crippen molar-refractivity contribution < 1.29 is 14.7 Å². The maximum atomic E-state index is 12.1. The molecule has 7 heteroatoms. The zero-order chi connectivity index (χ0) is 17.1. The number of para-hydroxylation sites is 1. The van der Waals surface area contributed by atoms with Gasteiger partial charge in [-0.2, -0.15) is 15.2 Å². The Hall–Kier alpha value is -3.35. The first-order valence-electron chi connectivity index (χ1n) is 7.24. The number of hydrogen-bond acceptors (Lipinski definition) is 5. The van der Waals surface area contributed by atoms with Gasteiger partial charge in [-0.05, 0) is 37.3 Å². The van der Waals surface area contributed by atoms with Crippen LogP contribution in [0.3, 0.4) is 0 Å². The number of azo groups is 1. The monoisotopic (exact) mass is 322 g/mol. The fraction of sp³-hybridized carbons (Fsp3) is 0.118. The maximum absolute atomic E-state index is 12.1. The first-order chi connectivity index (χ1) is 11.6. The summed E-state index contributed by atoms with van der Waals surface area (Å²) >= 11 is 0. The second-order valence-corrected chi connectivity index (χ2v) is 5.15. The predicted molar refractivity (Wildman–Crippen MR) is 88.7 cm³/mol. The van der Waals surface area contributed by atoms with Crippen molar-refractivity contribution in [1.82, 2.24) is 0 Å². The lowest BCUT2D eigenvalue weighted by Crippen LogP contribution is -2.35. The molecule has 0 aliphatic carbocycles. The fourth-order valence-corrected chi connectivity index (χ4v) is 2.40. The molecule has 0 aromatic heterocycles. The van der Waals surface area contributed by atoms with Gasteiger partial charge >= 0.3 is 5.97 Å². The number of aromatic carboxylic acids is 1. The van der Waals surface area contributed by atoms with E-state index in [1.807, 2.05) is 30.3 Å². The van der Waals surface area contributed by atoms with Gasteiger partial charge in [0, 0.05) is 5.69 Å². The van der Waals surface area contributed by atoms with Crippen LogP contribution in [0.5, 0.6) is 0 Å². The van der Waals surface area contributed by atoms with Crippen LogP contribution in [0.15, 0.2) is 69.8 Å². The number of benzene rings is 2. The zero-order valence-corrected chi connectivity index (χ0v) is 12.8. The molecule has 0 saturated heterocycles. The lowest BCUT2D eigenvalue weighted by Gasteiger charge is -2.21. The van der Waals surface area contributed by atoms with E-state index >= 15 is 0 Å². The van der Waals surface area contributed by atoms with E-state index in [0.29, 0.717) is 11.5 Å². The van der Waals surface area contributed by atoms with Crippen LogP contribution in [0.4, 0.5) is 11.4 Å². The number of amides is 1. The first kappa shape index (κ1) is 15.5. The smallest absolute Gasteiger partial charge is 0.335 e. The topological polar surface area (TPSA) is 94.7 Å². The molecule has 0 unspecified atom stereocenters. The van der Waals surface area contributed by atoms with Crippen molar-refractivity contribution in [3.8, 4) is 0 Å². The number of aliphatic imine (C=N–C) groups is 1. The summed E-state index contributed by atoms with van der Waals surface area (Å²) in [6.07, 6.45) is -0.888. The maximum Gasteiger partial charge on any atom is 0.335 e. The third kappa shape index (κ3) is 3.05. The molecular formula is C17H14N4O3. The van der Waals surface area contributed by atoms with Crippen molar-refractivity contribution in [2.75, 3.05) is 4.90 Å². The van der Waals surface area contributed by atoms with Crippen LogP contribution in [0.25, 0.3) is 0 Å². The minimum absolute atomic E-state index is 0.108. The molecule has 2 aromatic carbocycles. The number of carboxylic acid groups (broad SMARTS) is 1. The highest BCUT2D eigenvalue weighted by Gasteiger charge is 2.34. The average Bonchev–Trinajstić information content (AvgIpc) is 2.87. The van der Waals surface area contributed by atoms with Gasteiger partial charge in [-0.15, -0.1) is 0 Å². The predicted octanol–water partition coefficient (Wildman–Crippen LogP) is 3.26. The van der Waals surface area contributed by atoms with E-state index in [4.69, 9.17) is 5.11 Å². The number of hydrogen-bond donors (Lipinski definition) is 1. The molecule has 0 bridgehead atoms. The number of carbonyl (C=O) groups is 2. The van der Waals surface area contributed by atoms with Crippen molar-refractivity contribution in [2.45, 2.75) is 13.1 Å². The van der Waals surface area contributed by atoms with Crippen LogP contribution in [0.1, 0.15) is 17.3 Å². The van der Waals surface area contributed by atoms with Gasteiger partial charge < -0.3 is 5.11 Å². The van der Waals surface area contributed by atoms with Gasteiger partial charge in [-0.1, -0.05) is 24.3 Å². The Labute approximate surface area is 138 Å². The molecule has 1 amide bonds. The molecule has 0 radical (unpaired) electrons. The van der Waals surface area contributed by atoms with Crippen molar-refractivity contribution in [3.05, 3.63) is 60.2 Å². The second kappa shape index (κ2) is 6.41. The van der Waals surface area contributed by atoms with Crippen LogP contribution in [-0.2, 0) is 4.79 Å². The average molecular weight is 322 g/mol. The van der Waals surface area contributed by atoms with Gasteiger partial charge in [0.05, 0.1) is 11.3 Å². The van der Waals surface area contributed by atoms with E-state index in [2.05, 4.69) is 15.2 Å². The van der Waals surface area contributed by atoms with Gasteiger partial charge in [-0.25, -0.2) is 4.79 Å². The lowest BCUT2D eigenvalue weighted by atomic mass is 10.2. The van der Waals surface area contributed by atoms with Crippen molar-refractivity contribution in [1.29, 1.82) is 0 Å². The molecule has 0 saturated carbocycles. The van der Waals surface area contributed by atoms with Crippen LogP contribution in [-0.4, -0.2) is 29.0 Å². The molecule has 1 N–H and O–H groups in total. The molecule has 1 aliphatic heterocycles. The Bertz CT molecular complexity index is 846. The van der Waals surface area contributed by atoms with Gasteiger partial charge in [0.1, 0.15) is 5.84 Å². The highest BCUT2D eigenvalue weighted by Crippen LogP contribution is 2.25. The molecule has 0 spiro atoms. The van der Waals surface area contributed by atoms with Crippen LogP contribution >= 0.6 is 0 Å². The van der Waals surface area contributed by atoms with Crippen molar-refractivity contribution >= 4 is 29.1 Å². The molecule has 0 fully saturated rings. The molecular weight excluding hydrogens is 308 g/mol. The van der Waals surface area contributed by atoms with Gasteiger partial charge in [0.25, 0.3) is 5.91 Å². The van der Waals surface area contributed by atoms with E-state index in [9.17, 15) is 9.59 Å². The number of rotatable bonds is 4. The summed E-state index contributed by atoms with van der Waals surface area (Å²) in [4.78, 5) is 28.7. The molecule has 7 nitrogen and oxygen atoms in total. The van der Waals surface area contributed by atoms with E-state index in [-0.39, 0.29) is 5.56 Å². The molecule has 120 valence electrons. The van der Waals surface area contributed by atoms with E-state index in [1.165, 1.54) is 12.1 Å². The fourth-order valence-electron chi connectivity index (χ4n) is 2.40. The molecule has 1 atom stereocenters.